The summed E-state index contributed by atoms with van der Waals surface area (Å²) in [7, 11) is 0. The van der Waals surface area contributed by atoms with Gasteiger partial charge in [-0.3, -0.25) is 4.79 Å². The molecule has 21 heavy (non-hydrogen) atoms. The third-order valence-electron chi connectivity index (χ3n) is 2.66. The smallest absolute Gasteiger partial charge is 0.326 e. The zero-order chi connectivity index (χ0) is 16.5. The summed E-state index contributed by atoms with van der Waals surface area (Å²) in [5.41, 5.74) is -1.72. The van der Waals surface area contributed by atoms with Crippen LogP contribution in [-0.4, -0.2) is 23.0 Å². The third-order valence-corrected chi connectivity index (χ3v) is 2.66. The molecule has 9 heteroatoms. The van der Waals surface area contributed by atoms with Crippen molar-refractivity contribution in [3.63, 3.8) is 0 Å². The summed E-state index contributed by atoms with van der Waals surface area (Å²) in [4.78, 5) is 22.5. The number of carbonyl (C=O) groups is 2. The largest absolute Gasteiger partial charge is 0.480 e. The highest BCUT2D eigenvalue weighted by molar-refractivity contribution is 5.97. The summed E-state index contributed by atoms with van der Waals surface area (Å²) in [5, 5.41) is 10.5. The lowest BCUT2D eigenvalue weighted by molar-refractivity contribution is -0.140. The van der Waals surface area contributed by atoms with Gasteiger partial charge in [0.25, 0.3) is 5.91 Å². The summed E-state index contributed by atoms with van der Waals surface area (Å²) in [6.45, 7) is 2.77. The van der Waals surface area contributed by atoms with Crippen LogP contribution >= 0.6 is 0 Å². The molecule has 0 aromatic heterocycles. The number of carboxylic acids is 1. The molecule has 0 aliphatic rings. The van der Waals surface area contributed by atoms with E-state index in [-0.39, 0.29) is 0 Å². The summed E-state index contributed by atoms with van der Waals surface area (Å²) in [6, 6.07) is -1.55. The zero-order valence-electron chi connectivity index (χ0n) is 10.8. The van der Waals surface area contributed by atoms with Gasteiger partial charge in [-0.1, -0.05) is 13.8 Å². The molecular weight excluding hydrogens is 301 g/mol. The van der Waals surface area contributed by atoms with E-state index in [9.17, 15) is 31.5 Å². The Kier molecular flexibility index (Phi) is 4.87. The highest BCUT2D eigenvalue weighted by Gasteiger charge is 2.32. The lowest BCUT2D eigenvalue weighted by atomic mass is 10.0. The number of carboxylic acid groups (broad SMARTS) is 1. The fourth-order valence-corrected chi connectivity index (χ4v) is 1.53. The van der Waals surface area contributed by atoms with Gasteiger partial charge in [0.15, 0.2) is 23.3 Å². The molecule has 0 aliphatic carbocycles. The third kappa shape index (κ3) is 3.11. The van der Waals surface area contributed by atoms with Crippen LogP contribution in [-0.2, 0) is 4.79 Å². The fourth-order valence-electron chi connectivity index (χ4n) is 1.53. The van der Waals surface area contributed by atoms with Crippen molar-refractivity contribution in [3.05, 3.63) is 34.6 Å². The number of hydrogen-bond acceptors (Lipinski definition) is 2. The Labute approximate surface area is 115 Å². The van der Waals surface area contributed by atoms with E-state index in [0.29, 0.717) is 0 Å². The molecule has 116 valence electrons. The Morgan fingerprint density at radius 3 is 1.62 bits per heavy atom. The quantitative estimate of drug-likeness (QED) is 0.509. The lowest BCUT2D eigenvalue weighted by Gasteiger charge is -2.18. The Hall–Kier alpha value is -2.19. The highest BCUT2D eigenvalue weighted by atomic mass is 19.2. The maximum Gasteiger partial charge on any atom is 0.326 e. The number of amides is 1. The first-order chi connectivity index (χ1) is 9.59. The fraction of sp³-hybridized carbons (Fsp3) is 0.333. The van der Waals surface area contributed by atoms with Crippen molar-refractivity contribution < 1.29 is 36.6 Å². The topological polar surface area (TPSA) is 66.4 Å². The van der Waals surface area contributed by atoms with Gasteiger partial charge in [0.2, 0.25) is 5.82 Å². The maximum absolute atomic E-state index is 13.4. The van der Waals surface area contributed by atoms with Crippen molar-refractivity contribution in [1.29, 1.82) is 0 Å². The summed E-state index contributed by atoms with van der Waals surface area (Å²) in [5.74, 6) is -15.5. The van der Waals surface area contributed by atoms with Gasteiger partial charge in [-0.15, -0.1) is 0 Å². The van der Waals surface area contributed by atoms with E-state index in [4.69, 9.17) is 5.11 Å². The Bertz CT molecular complexity index is 574. The molecule has 1 rings (SSSR count). The van der Waals surface area contributed by atoms with Crippen molar-refractivity contribution in [2.75, 3.05) is 0 Å². The van der Waals surface area contributed by atoms with Gasteiger partial charge in [0.1, 0.15) is 11.6 Å². The summed E-state index contributed by atoms with van der Waals surface area (Å²) in [6.07, 6.45) is 0. The Morgan fingerprint density at radius 2 is 1.29 bits per heavy atom. The second-order valence-corrected chi connectivity index (χ2v) is 4.48. The first-order valence-corrected chi connectivity index (χ1v) is 5.64. The van der Waals surface area contributed by atoms with Gasteiger partial charge in [-0.25, -0.2) is 26.7 Å². The monoisotopic (exact) mass is 311 g/mol. The number of aliphatic carboxylic acids is 1. The van der Waals surface area contributed by atoms with Crippen molar-refractivity contribution in [2.24, 2.45) is 5.92 Å². The van der Waals surface area contributed by atoms with E-state index in [2.05, 4.69) is 0 Å². The van der Waals surface area contributed by atoms with E-state index in [1.807, 2.05) is 0 Å². The molecule has 0 aliphatic heterocycles. The maximum atomic E-state index is 13.4. The van der Waals surface area contributed by atoms with Crippen LogP contribution in [0.15, 0.2) is 0 Å². The minimum absolute atomic E-state index is 0.673. The van der Waals surface area contributed by atoms with Crippen LogP contribution in [0.5, 0.6) is 0 Å². The SMILES string of the molecule is CC(C)C(NC(=O)c1c(F)c(F)c(F)c(F)c1F)C(=O)O. The van der Waals surface area contributed by atoms with E-state index < -0.39 is 58.5 Å². The van der Waals surface area contributed by atoms with Gasteiger partial charge >= 0.3 is 5.97 Å². The van der Waals surface area contributed by atoms with Gasteiger partial charge in [0, 0.05) is 0 Å². The molecule has 0 radical (unpaired) electrons. The predicted octanol–water partition coefficient (Wildman–Crippen LogP) is 2.22. The Balaban J connectivity index is 3.29. The average Bonchev–Trinajstić information content (AvgIpc) is 2.39. The van der Waals surface area contributed by atoms with E-state index in [1.165, 1.54) is 13.8 Å². The molecule has 0 saturated heterocycles. The molecule has 1 aromatic rings. The van der Waals surface area contributed by atoms with Gasteiger partial charge in [-0.05, 0) is 5.92 Å². The highest BCUT2D eigenvalue weighted by Crippen LogP contribution is 2.23. The molecular formula is C12H10F5NO3. The number of nitrogens with one attached hydrogen (secondary N) is 1. The molecule has 0 fully saturated rings. The first-order valence-electron chi connectivity index (χ1n) is 5.64. The predicted molar refractivity (Wildman–Crippen MR) is 60.0 cm³/mol. The van der Waals surface area contributed by atoms with Crippen molar-refractivity contribution >= 4 is 11.9 Å². The number of halogens is 5. The molecule has 4 nitrogen and oxygen atoms in total. The summed E-state index contributed by atoms with van der Waals surface area (Å²) < 4.78 is 65.5. The number of benzene rings is 1. The van der Waals surface area contributed by atoms with Crippen LogP contribution in [0.3, 0.4) is 0 Å². The molecule has 1 unspecified atom stereocenters. The van der Waals surface area contributed by atoms with E-state index >= 15 is 0 Å². The zero-order valence-corrected chi connectivity index (χ0v) is 10.8. The van der Waals surface area contributed by atoms with E-state index in [1.54, 1.807) is 5.32 Å². The molecule has 0 saturated carbocycles. The number of carbonyl (C=O) groups excluding carboxylic acids is 1. The van der Waals surface area contributed by atoms with E-state index in [0.717, 1.165) is 0 Å². The normalized spacial score (nSPS) is 12.4. The van der Waals surface area contributed by atoms with Crippen LogP contribution in [0.4, 0.5) is 22.0 Å². The second kappa shape index (κ2) is 6.06. The van der Waals surface area contributed by atoms with Gasteiger partial charge < -0.3 is 10.4 Å². The molecule has 0 spiro atoms. The molecule has 1 atom stereocenters. The van der Waals surface area contributed by atoms with Crippen LogP contribution in [0, 0.1) is 35.0 Å². The standard InChI is InChI=1S/C12H10F5NO3/c1-3(2)10(12(20)21)18-11(19)4-5(13)7(15)9(17)8(16)6(4)14/h3,10H,1-2H3,(H,18,19)(H,20,21). The van der Waals surface area contributed by atoms with Crippen LogP contribution in [0.2, 0.25) is 0 Å². The molecule has 1 aromatic carbocycles. The average molecular weight is 311 g/mol. The minimum Gasteiger partial charge on any atom is -0.480 e. The van der Waals surface area contributed by atoms with Crippen molar-refractivity contribution in [3.8, 4) is 0 Å². The van der Waals surface area contributed by atoms with Crippen molar-refractivity contribution in [2.45, 2.75) is 19.9 Å². The first kappa shape index (κ1) is 16.9. The van der Waals surface area contributed by atoms with Crippen LogP contribution in [0.1, 0.15) is 24.2 Å². The molecule has 2 N–H and O–H groups in total. The van der Waals surface area contributed by atoms with Crippen LogP contribution in [0.25, 0.3) is 0 Å². The molecule has 0 bridgehead atoms. The molecule has 0 heterocycles. The second-order valence-electron chi connectivity index (χ2n) is 4.48. The van der Waals surface area contributed by atoms with Crippen molar-refractivity contribution in [1.82, 2.24) is 5.32 Å². The van der Waals surface area contributed by atoms with Gasteiger partial charge in [0.05, 0.1) is 0 Å². The Morgan fingerprint density at radius 1 is 0.905 bits per heavy atom. The molecule has 1 amide bonds. The van der Waals surface area contributed by atoms with Crippen LogP contribution < -0.4 is 5.32 Å². The lowest BCUT2D eigenvalue weighted by Crippen LogP contribution is -2.45. The summed E-state index contributed by atoms with van der Waals surface area (Å²) >= 11 is 0. The minimum atomic E-state index is -2.40. The number of rotatable bonds is 4. The van der Waals surface area contributed by atoms with Gasteiger partial charge in [-0.2, -0.15) is 0 Å². The number of hydrogen-bond donors (Lipinski definition) is 2.